The van der Waals surface area contributed by atoms with Crippen LogP contribution in [0, 0.1) is 0 Å². The lowest BCUT2D eigenvalue weighted by Gasteiger charge is -2.40. The van der Waals surface area contributed by atoms with Crippen molar-refractivity contribution in [3.05, 3.63) is 107 Å². The zero-order valence-corrected chi connectivity index (χ0v) is 16.0. The standard InChI is InChI=1S/C24H22F3NO/c1-17(29)23(19-8-4-2-5-9-19,20-10-6-3-7-11-20)22(16-28)18-12-14-21(15-13-18)24(25,26)27/h2-15,22H,16,28H2,1H3. The number of hydrogen-bond acceptors (Lipinski definition) is 2. The molecule has 3 aromatic carbocycles. The van der Waals surface area contributed by atoms with Crippen LogP contribution in [-0.4, -0.2) is 12.3 Å². The second kappa shape index (κ2) is 8.21. The minimum Gasteiger partial charge on any atom is -0.330 e. The van der Waals surface area contributed by atoms with Crippen molar-refractivity contribution in [1.82, 2.24) is 0 Å². The fourth-order valence-electron chi connectivity index (χ4n) is 4.09. The second-order valence-corrected chi connectivity index (χ2v) is 7.00. The number of Topliss-reactive ketones (excluding diaryl/α,β-unsaturated/α-hetero) is 1. The molecular weight excluding hydrogens is 375 g/mol. The minimum absolute atomic E-state index is 0.0920. The van der Waals surface area contributed by atoms with E-state index in [1.54, 1.807) is 0 Å². The lowest BCUT2D eigenvalue weighted by molar-refractivity contribution is -0.137. The SMILES string of the molecule is CC(=O)C(c1ccccc1)(c1ccccc1)C(CN)c1ccc(C(F)(F)F)cc1. The van der Waals surface area contributed by atoms with Crippen molar-refractivity contribution in [2.75, 3.05) is 6.54 Å². The van der Waals surface area contributed by atoms with E-state index < -0.39 is 23.1 Å². The highest BCUT2D eigenvalue weighted by Gasteiger charge is 2.46. The molecule has 5 heteroatoms. The number of rotatable bonds is 6. The number of carbonyl (C=O) groups excluding carboxylic acids is 1. The lowest BCUT2D eigenvalue weighted by atomic mass is 9.61. The highest BCUT2D eigenvalue weighted by atomic mass is 19.4. The van der Waals surface area contributed by atoms with Gasteiger partial charge in [-0.1, -0.05) is 72.8 Å². The van der Waals surface area contributed by atoms with Gasteiger partial charge in [0.05, 0.1) is 11.0 Å². The molecule has 1 unspecified atom stereocenters. The van der Waals surface area contributed by atoms with Crippen molar-refractivity contribution in [2.45, 2.75) is 24.4 Å². The fourth-order valence-corrected chi connectivity index (χ4v) is 4.09. The summed E-state index contributed by atoms with van der Waals surface area (Å²) in [5.41, 5.74) is 6.41. The van der Waals surface area contributed by atoms with Crippen LogP contribution in [0.1, 0.15) is 35.1 Å². The van der Waals surface area contributed by atoms with Crippen LogP contribution in [-0.2, 0) is 16.4 Å². The Bertz CT molecular complexity index is 911. The zero-order chi connectivity index (χ0) is 21.1. The summed E-state index contributed by atoms with van der Waals surface area (Å²) >= 11 is 0. The third-order valence-corrected chi connectivity index (χ3v) is 5.41. The van der Waals surface area contributed by atoms with E-state index in [4.69, 9.17) is 5.73 Å². The van der Waals surface area contributed by atoms with Crippen LogP contribution in [0.5, 0.6) is 0 Å². The van der Waals surface area contributed by atoms with E-state index in [2.05, 4.69) is 0 Å². The third kappa shape index (κ3) is 3.83. The molecule has 0 aliphatic heterocycles. The Morgan fingerprint density at radius 1 is 0.793 bits per heavy atom. The predicted molar refractivity (Wildman–Crippen MR) is 108 cm³/mol. The van der Waals surface area contributed by atoms with Gasteiger partial charge < -0.3 is 5.73 Å². The first kappa shape index (κ1) is 20.8. The van der Waals surface area contributed by atoms with Crippen LogP contribution in [0.3, 0.4) is 0 Å². The molecular formula is C24H22F3NO. The molecule has 2 nitrogen and oxygen atoms in total. The van der Waals surface area contributed by atoms with Gasteiger partial charge in [-0.3, -0.25) is 4.79 Å². The first-order chi connectivity index (χ1) is 13.8. The number of nitrogens with two attached hydrogens (primary N) is 1. The number of hydrogen-bond donors (Lipinski definition) is 1. The van der Waals surface area contributed by atoms with Gasteiger partial charge >= 0.3 is 6.18 Å². The van der Waals surface area contributed by atoms with Gasteiger partial charge in [0.1, 0.15) is 5.78 Å². The predicted octanol–water partition coefficient (Wildman–Crippen LogP) is 5.32. The average Bonchev–Trinajstić information content (AvgIpc) is 2.72. The van der Waals surface area contributed by atoms with E-state index in [0.717, 1.165) is 23.3 Å². The molecule has 3 rings (SSSR count). The summed E-state index contributed by atoms with van der Waals surface area (Å²) < 4.78 is 39.0. The van der Waals surface area contributed by atoms with E-state index in [1.165, 1.54) is 19.1 Å². The number of alkyl halides is 3. The summed E-state index contributed by atoms with van der Waals surface area (Å²) in [5, 5.41) is 0. The van der Waals surface area contributed by atoms with E-state index in [9.17, 15) is 18.0 Å². The molecule has 0 aliphatic rings. The molecule has 0 fully saturated rings. The normalized spacial score (nSPS) is 13.1. The quantitative estimate of drug-likeness (QED) is 0.612. The van der Waals surface area contributed by atoms with Crippen LogP contribution in [0.4, 0.5) is 13.2 Å². The molecule has 0 aliphatic carbocycles. The Morgan fingerprint density at radius 2 is 1.24 bits per heavy atom. The van der Waals surface area contributed by atoms with Crippen molar-refractivity contribution in [2.24, 2.45) is 5.73 Å². The minimum atomic E-state index is -4.42. The smallest absolute Gasteiger partial charge is 0.330 e. The van der Waals surface area contributed by atoms with Crippen LogP contribution >= 0.6 is 0 Å². The molecule has 0 amide bonds. The van der Waals surface area contributed by atoms with Crippen molar-refractivity contribution in [3.63, 3.8) is 0 Å². The first-order valence-electron chi connectivity index (χ1n) is 9.31. The molecule has 2 N–H and O–H groups in total. The van der Waals surface area contributed by atoms with E-state index in [-0.39, 0.29) is 12.3 Å². The molecule has 0 heterocycles. The summed E-state index contributed by atoms with van der Waals surface area (Å²) in [7, 11) is 0. The van der Waals surface area contributed by atoms with Gasteiger partial charge in [0.15, 0.2) is 0 Å². The van der Waals surface area contributed by atoms with E-state index >= 15 is 0 Å². The Kier molecular flexibility index (Phi) is 5.89. The van der Waals surface area contributed by atoms with Gasteiger partial charge in [0.25, 0.3) is 0 Å². The maximum Gasteiger partial charge on any atom is 0.416 e. The Labute approximate surface area is 168 Å². The van der Waals surface area contributed by atoms with Crippen LogP contribution in [0.15, 0.2) is 84.9 Å². The van der Waals surface area contributed by atoms with Crippen molar-refractivity contribution in [3.8, 4) is 0 Å². The molecule has 0 aromatic heterocycles. The third-order valence-electron chi connectivity index (χ3n) is 5.41. The molecule has 150 valence electrons. The maximum atomic E-state index is 13.2. The molecule has 0 bridgehead atoms. The maximum absolute atomic E-state index is 13.2. The van der Waals surface area contributed by atoms with Crippen LogP contribution in [0.25, 0.3) is 0 Å². The number of benzene rings is 3. The Hall–Kier alpha value is -2.92. The highest BCUT2D eigenvalue weighted by molar-refractivity contribution is 5.93. The topological polar surface area (TPSA) is 43.1 Å². The molecule has 3 aromatic rings. The summed E-state index contributed by atoms with van der Waals surface area (Å²) in [6.07, 6.45) is -4.42. The van der Waals surface area contributed by atoms with Crippen LogP contribution < -0.4 is 5.73 Å². The van der Waals surface area contributed by atoms with Gasteiger partial charge in [-0.15, -0.1) is 0 Å². The molecule has 1 atom stereocenters. The molecule has 0 spiro atoms. The van der Waals surface area contributed by atoms with E-state index in [1.807, 2.05) is 60.7 Å². The monoisotopic (exact) mass is 397 g/mol. The number of halogens is 3. The Balaban J connectivity index is 2.25. The molecule has 0 radical (unpaired) electrons. The van der Waals surface area contributed by atoms with Gasteiger partial charge in [0, 0.05) is 12.5 Å². The first-order valence-corrected chi connectivity index (χ1v) is 9.31. The van der Waals surface area contributed by atoms with Crippen molar-refractivity contribution < 1.29 is 18.0 Å². The molecule has 0 saturated heterocycles. The highest BCUT2D eigenvalue weighted by Crippen LogP contribution is 2.45. The summed E-state index contributed by atoms with van der Waals surface area (Å²) in [6.45, 7) is 1.60. The molecule has 29 heavy (non-hydrogen) atoms. The van der Waals surface area contributed by atoms with Crippen molar-refractivity contribution >= 4 is 5.78 Å². The zero-order valence-electron chi connectivity index (χ0n) is 16.0. The van der Waals surface area contributed by atoms with Gasteiger partial charge in [0.2, 0.25) is 0 Å². The second-order valence-electron chi connectivity index (χ2n) is 7.00. The van der Waals surface area contributed by atoms with E-state index in [0.29, 0.717) is 5.56 Å². The van der Waals surface area contributed by atoms with Gasteiger partial charge in [-0.05, 0) is 35.7 Å². The summed E-state index contributed by atoms with van der Waals surface area (Å²) in [4.78, 5) is 13.2. The Morgan fingerprint density at radius 3 is 1.59 bits per heavy atom. The fraction of sp³-hybridized carbons (Fsp3) is 0.208. The van der Waals surface area contributed by atoms with Gasteiger partial charge in [-0.25, -0.2) is 0 Å². The van der Waals surface area contributed by atoms with Crippen molar-refractivity contribution in [1.29, 1.82) is 0 Å². The molecule has 0 saturated carbocycles. The lowest BCUT2D eigenvalue weighted by Crippen LogP contribution is -2.44. The number of carbonyl (C=O) groups is 1. The van der Waals surface area contributed by atoms with Crippen LogP contribution in [0.2, 0.25) is 0 Å². The van der Waals surface area contributed by atoms with Gasteiger partial charge in [-0.2, -0.15) is 13.2 Å². The summed E-state index contributed by atoms with van der Waals surface area (Å²) in [5.74, 6) is -0.655. The largest absolute Gasteiger partial charge is 0.416 e. The number of ketones is 1. The summed E-state index contributed by atoms with van der Waals surface area (Å²) in [6, 6.07) is 23.5. The average molecular weight is 397 g/mol.